The number of aromatic amines is 1. The average Bonchev–Trinajstić information content (AvgIpc) is 3.17. The van der Waals surface area contributed by atoms with Crippen molar-refractivity contribution in [3.63, 3.8) is 0 Å². The van der Waals surface area contributed by atoms with Crippen molar-refractivity contribution in [1.29, 1.82) is 0 Å². The van der Waals surface area contributed by atoms with Gasteiger partial charge in [-0.15, -0.1) is 0 Å². The zero-order valence-corrected chi connectivity index (χ0v) is 15.5. The molecule has 26 heavy (non-hydrogen) atoms. The molecule has 0 aliphatic carbocycles. The van der Waals surface area contributed by atoms with Crippen molar-refractivity contribution in [1.82, 2.24) is 24.9 Å². The zero-order valence-electron chi connectivity index (χ0n) is 15.5. The van der Waals surface area contributed by atoms with E-state index in [-0.39, 0.29) is 5.82 Å². The second-order valence-electron chi connectivity index (χ2n) is 7.19. The van der Waals surface area contributed by atoms with Gasteiger partial charge >= 0.3 is 0 Å². The molecular weight excluding hydrogens is 329 g/mol. The normalized spacial score (nSPS) is 15.8. The number of aromatic nitrogens is 4. The summed E-state index contributed by atoms with van der Waals surface area (Å²) in [6.07, 6.45) is 0.901. The molecule has 1 aliphatic heterocycles. The summed E-state index contributed by atoms with van der Waals surface area (Å²) < 4.78 is 16.3. The molecule has 3 heterocycles. The van der Waals surface area contributed by atoms with Gasteiger partial charge in [-0.2, -0.15) is 10.2 Å². The number of fused-ring (bicyclic) bond motifs is 1. The van der Waals surface area contributed by atoms with Crippen LogP contribution in [0.25, 0.3) is 11.3 Å². The number of nitrogens with one attached hydrogen (secondary N) is 1. The molecule has 1 aromatic carbocycles. The summed E-state index contributed by atoms with van der Waals surface area (Å²) in [5.41, 5.74) is 5.77. The Morgan fingerprint density at radius 1 is 1.27 bits per heavy atom. The summed E-state index contributed by atoms with van der Waals surface area (Å²) in [5.74, 6) is -0.227. The van der Waals surface area contributed by atoms with Gasteiger partial charge in [-0.05, 0) is 39.0 Å². The Bertz CT molecular complexity index is 926. The van der Waals surface area contributed by atoms with Crippen LogP contribution in [-0.2, 0) is 19.5 Å². The summed E-state index contributed by atoms with van der Waals surface area (Å²) in [4.78, 5) is 2.43. The molecule has 1 atom stereocenters. The molecule has 5 nitrogen and oxygen atoms in total. The van der Waals surface area contributed by atoms with Crippen molar-refractivity contribution < 1.29 is 4.39 Å². The average molecular weight is 353 g/mol. The van der Waals surface area contributed by atoms with E-state index in [1.807, 2.05) is 13.0 Å². The Kier molecular flexibility index (Phi) is 4.36. The van der Waals surface area contributed by atoms with Crippen molar-refractivity contribution >= 4 is 0 Å². The van der Waals surface area contributed by atoms with E-state index >= 15 is 0 Å². The fourth-order valence-corrected chi connectivity index (χ4v) is 3.79. The Morgan fingerprint density at radius 2 is 2.08 bits per heavy atom. The molecule has 0 unspecified atom stereocenters. The summed E-state index contributed by atoms with van der Waals surface area (Å²) >= 11 is 0. The first-order valence-electron chi connectivity index (χ1n) is 9.09. The predicted molar refractivity (Wildman–Crippen MR) is 99.3 cm³/mol. The highest BCUT2D eigenvalue weighted by molar-refractivity contribution is 5.64. The highest BCUT2D eigenvalue weighted by atomic mass is 19.1. The van der Waals surface area contributed by atoms with Crippen LogP contribution in [0.2, 0.25) is 0 Å². The third-order valence-corrected chi connectivity index (χ3v) is 5.26. The monoisotopic (exact) mass is 353 g/mol. The third-order valence-electron chi connectivity index (χ3n) is 5.26. The summed E-state index contributed by atoms with van der Waals surface area (Å²) in [5, 5.41) is 12.1. The molecule has 136 valence electrons. The van der Waals surface area contributed by atoms with E-state index in [2.05, 4.69) is 44.8 Å². The van der Waals surface area contributed by atoms with Crippen molar-refractivity contribution in [2.45, 2.75) is 46.3 Å². The number of H-pyrrole nitrogens is 1. The number of hydrogen-bond acceptors (Lipinski definition) is 3. The second-order valence-corrected chi connectivity index (χ2v) is 7.19. The van der Waals surface area contributed by atoms with Gasteiger partial charge < -0.3 is 0 Å². The molecule has 3 aromatic rings. The van der Waals surface area contributed by atoms with Gasteiger partial charge in [0.05, 0.1) is 17.9 Å². The predicted octanol–water partition coefficient (Wildman–Crippen LogP) is 3.48. The van der Waals surface area contributed by atoms with E-state index in [0.29, 0.717) is 11.6 Å². The number of rotatable bonds is 4. The quantitative estimate of drug-likeness (QED) is 0.781. The standard InChI is InChI=1S/C20H24FN5/c1-13-10-14(2)26(24-13)11-15(3)25-9-8-19-17(12-25)20(23-22-19)16-6-4-5-7-18(16)21/h4-7,10,15H,8-9,11-12H2,1-3H3,(H,22,23)/t15-/m1/s1. The molecule has 0 amide bonds. The van der Waals surface area contributed by atoms with E-state index in [1.54, 1.807) is 12.1 Å². The maximum Gasteiger partial charge on any atom is 0.132 e. The maximum absolute atomic E-state index is 14.2. The molecule has 1 aliphatic rings. The Morgan fingerprint density at radius 3 is 2.81 bits per heavy atom. The lowest BCUT2D eigenvalue weighted by atomic mass is 9.99. The van der Waals surface area contributed by atoms with Gasteiger partial charge in [-0.1, -0.05) is 12.1 Å². The molecule has 0 saturated heterocycles. The highest BCUT2D eigenvalue weighted by Crippen LogP contribution is 2.30. The van der Waals surface area contributed by atoms with Gasteiger partial charge in [0.25, 0.3) is 0 Å². The topological polar surface area (TPSA) is 49.7 Å². The first-order chi connectivity index (χ1) is 12.5. The van der Waals surface area contributed by atoms with E-state index < -0.39 is 0 Å². The number of halogens is 1. The van der Waals surface area contributed by atoms with Crippen LogP contribution < -0.4 is 0 Å². The van der Waals surface area contributed by atoms with Crippen LogP contribution in [0.15, 0.2) is 30.3 Å². The van der Waals surface area contributed by atoms with Crippen LogP contribution in [0, 0.1) is 19.7 Å². The summed E-state index contributed by atoms with van der Waals surface area (Å²) in [6.45, 7) is 8.93. The van der Waals surface area contributed by atoms with Crippen molar-refractivity contribution in [3.05, 3.63) is 58.8 Å². The Balaban J connectivity index is 1.57. The maximum atomic E-state index is 14.2. The van der Waals surface area contributed by atoms with Gasteiger partial charge in [0.1, 0.15) is 5.82 Å². The lowest BCUT2D eigenvalue weighted by molar-refractivity contribution is 0.169. The number of benzene rings is 1. The van der Waals surface area contributed by atoms with Crippen LogP contribution in [0.1, 0.15) is 29.6 Å². The molecule has 0 bridgehead atoms. The molecule has 2 aromatic heterocycles. The second kappa shape index (κ2) is 6.68. The lowest BCUT2D eigenvalue weighted by Gasteiger charge is -2.32. The van der Waals surface area contributed by atoms with Crippen LogP contribution >= 0.6 is 0 Å². The molecule has 0 radical (unpaired) electrons. The molecular formula is C20H24FN5. The largest absolute Gasteiger partial charge is 0.294 e. The van der Waals surface area contributed by atoms with Crippen molar-refractivity contribution in [2.75, 3.05) is 6.54 Å². The van der Waals surface area contributed by atoms with E-state index in [0.717, 1.165) is 48.7 Å². The minimum Gasteiger partial charge on any atom is -0.294 e. The highest BCUT2D eigenvalue weighted by Gasteiger charge is 2.26. The van der Waals surface area contributed by atoms with Crippen molar-refractivity contribution in [3.8, 4) is 11.3 Å². The van der Waals surface area contributed by atoms with Gasteiger partial charge in [0.15, 0.2) is 0 Å². The van der Waals surface area contributed by atoms with Gasteiger partial charge in [0, 0.05) is 48.1 Å². The summed E-state index contributed by atoms with van der Waals surface area (Å²) in [7, 11) is 0. The lowest BCUT2D eigenvalue weighted by Crippen LogP contribution is -2.40. The van der Waals surface area contributed by atoms with Gasteiger partial charge in [0.2, 0.25) is 0 Å². The van der Waals surface area contributed by atoms with E-state index in [4.69, 9.17) is 0 Å². The van der Waals surface area contributed by atoms with E-state index in [1.165, 1.54) is 11.8 Å². The first-order valence-corrected chi connectivity index (χ1v) is 9.09. The van der Waals surface area contributed by atoms with Gasteiger partial charge in [-0.3, -0.25) is 14.7 Å². The van der Waals surface area contributed by atoms with Crippen LogP contribution in [0.4, 0.5) is 4.39 Å². The molecule has 6 heteroatoms. The first kappa shape index (κ1) is 17.0. The van der Waals surface area contributed by atoms with Crippen LogP contribution in [0.3, 0.4) is 0 Å². The van der Waals surface area contributed by atoms with E-state index in [9.17, 15) is 4.39 Å². The fraction of sp³-hybridized carbons (Fsp3) is 0.400. The molecule has 0 fully saturated rings. The minimum absolute atomic E-state index is 0.227. The number of aryl methyl sites for hydroxylation is 2. The Labute approximate surface area is 152 Å². The van der Waals surface area contributed by atoms with Crippen LogP contribution in [0.5, 0.6) is 0 Å². The molecule has 1 N–H and O–H groups in total. The summed E-state index contributed by atoms with van der Waals surface area (Å²) in [6, 6.07) is 9.29. The third kappa shape index (κ3) is 3.05. The van der Waals surface area contributed by atoms with Gasteiger partial charge in [-0.25, -0.2) is 4.39 Å². The molecule has 4 rings (SSSR count). The van der Waals surface area contributed by atoms with Crippen LogP contribution in [-0.4, -0.2) is 37.5 Å². The smallest absolute Gasteiger partial charge is 0.132 e. The van der Waals surface area contributed by atoms with Crippen molar-refractivity contribution in [2.24, 2.45) is 0 Å². The molecule has 0 saturated carbocycles. The fourth-order valence-electron chi connectivity index (χ4n) is 3.79. The zero-order chi connectivity index (χ0) is 18.3. The number of nitrogens with zero attached hydrogens (tertiary/aromatic N) is 4. The Hall–Kier alpha value is -2.47. The number of hydrogen-bond donors (Lipinski definition) is 1. The SMILES string of the molecule is Cc1cc(C)n(C[C@@H](C)N2CCc3[nH]nc(-c4ccccc4F)c3C2)n1. The minimum atomic E-state index is -0.227. The molecule has 0 spiro atoms.